The molecule has 1 fully saturated rings. The molecule has 1 aliphatic heterocycles. The van der Waals surface area contributed by atoms with Crippen LogP contribution in [-0.4, -0.2) is 36.0 Å². The summed E-state index contributed by atoms with van der Waals surface area (Å²) in [6.45, 7) is 2.60. The molecular formula is C15H21ClN2O2. The van der Waals surface area contributed by atoms with Gasteiger partial charge in [0.2, 0.25) is 0 Å². The van der Waals surface area contributed by atoms with Crippen molar-refractivity contribution in [2.75, 3.05) is 13.2 Å². The summed E-state index contributed by atoms with van der Waals surface area (Å²) in [7, 11) is 0. The van der Waals surface area contributed by atoms with Crippen molar-refractivity contribution in [3.05, 3.63) is 29.3 Å². The van der Waals surface area contributed by atoms with Crippen LogP contribution in [0.1, 0.15) is 26.2 Å². The van der Waals surface area contributed by atoms with Gasteiger partial charge in [-0.2, -0.15) is 0 Å². The van der Waals surface area contributed by atoms with Gasteiger partial charge >= 0.3 is 0 Å². The van der Waals surface area contributed by atoms with E-state index in [-0.39, 0.29) is 24.6 Å². The zero-order valence-electron chi connectivity index (χ0n) is 11.7. The standard InChI is InChI=1S/C15H21ClN2O2/c1-11-4-2-6-13(9-17)18(11)15(19)10-20-14-7-3-5-12(16)8-14/h3,5,7-8,11,13H,2,4,6,9-10,17H2,1H3. The minimum absolute atomic E-state index is 0.00683. The van der Waals surface area contributed by atoms with Crippen LogP contribution >= 0.6 is 11.6 Å². The SMILES string of the molecule is CC1CCCC(CN)N1C(=O)COc1cccc(Cl)c1. The van der Waals surface area contributed by atoms with E-state index in [0.717, 1.165) is 19.3 Å². The number of amides is 1. The van der Waals surface area contributed by atoms with Crippen molar-refractivity contribution in [3.8, 4) is 5.75 Å². The van der Waals surface area contributed by atoms with Crippen LogP contribution in [0.2, 0.25) is 5.02 Å². The predicted octanol–water partition coefficient (Wildman–Crippen LogP) is 2.45. The number of likely N-dealkylation sites (tertiary alicyclic amines) is 1. The van der Waals surface area contributed by atoms with Crippen LogP contribution in [0.5, 0.6) is 5.75 Å². The molecule has 0 aliphatic carbocycles. The minimum atomic E-state index is -0.00683. The number of ether oxygens (including phenoxy) is 1. The average Bonchev–Trinajstić information content (AvgIpc) is 2.44. The van der Waals surface area contributed by atoms with E-state index in [2.05, 4.69) is 6.92 Å². The fraction of sp³-hybridized carbons (Fsp3) is 0.533. The Bertz CT molecular complexity index is 467. The molecule has 1 aliphatic rings. The van der Waals surface area contributed by atoms with Gasteiger partial charge in [-0.1, -0.05) is 17.7 Å². The largest absolute Gasteiger partial charge is 0.484 e. The highest BCUT2D eigenvalue weighted by Gasteiger charge is 2.30. The predicted molar refractivity (Wildman–Crippen MR) is 79.9 cm³/mol. The van der Waals surface area contributed by atoms with Crippen molar-refractivity contribution < 1.29 is 9.53 Å². The third-order valence-corrected chi connectivity index (χ3v) is 3.98. The molecule has 4 nitrogen and oxygen atoms in total. The lowest BCUT2D eigenvalue weighted by Crippen LogP contribution is -2.53. The molecule has 1 aromatic carbocycles. The Balaban J connectivity index is 1.96. The van der Waals surface area contributed by atoms with Crippen LogP contribution in [-0.2, 0) is 4.79 Å². The van der Waals surface area contributed by atoms with E-state index in [1.54, 1.807) is 24.3 Å². The van der Waals surface area contributed by atoms with Crippen LogP contribution in [0.25, 0.3) is 0 Å². The van der Waals surface area contributed by atoms with Gasteiger partial charge in [-0.05, 0) is 44.4 Å². The maximum absolute atomic E-state index is 12.3. The summed E-state index contributed by atoms with van der Waals surface area (Å²) in [4.78, 5) is 14.2. The van der Waals surface area contributed by atoms with Crippen molar-refractivity contribution in [2.45, 2.75) is 38.3 Å². The molecule has 2 atom stereocenters. The van der Waals surface area contributed by atoms with Crippen molar-refractivity contribution in [1.82, 2.24) is 4.90 Å². The number of benzene rings is 1. The van der Waals surface area contributed by atoms with Gasteiger partial charge in [0.1, 0.15) is 5.75 Å². The molecule has 1 aromatic rings. The number of piperidine rings is 1. The molecule has 1 heterocycles. The summed E-state index contributed by atoms with van der Waals surface area (Å²) in [6.07, 6.45) is 3.13. The Hall–Kier alpha value is -1.26. The quantitative estimate of drug-likeness (QED) is 0.928. The van der Waals surface area contributed by atoms with E-state index in [9.17, 15) is 4.79 Å². The molecule has 5 heteroatoms. The molecule has 2 rings (SSSR count). The first-order valence-corrected chi connectivity index (χ1v) is 7.39. The van der Waals surface area contributed by atoms with Crippen LogP contribution in [0.3, 0.4) is 0 Å². The molecule has 1 amide bonds. The molecule has 0 bridgehead atoms. The van der Waals surface area contributed by atoms with Gasteiger partial charge < -0.3 is 15.4 Å². The van der Waals surface area contributed by atoms with Gasteiger partial charge in [0.25, 0.3) is 5.91 Å². The summed E-state index contributed by atoms with van der Waals surface area (Å²) >= 11 is 5.89. The first kappa shape index (κ1) is 15.1. The van der Waals surface area contributed by atoms with Gasteiger partial charge in [0, 0.05) is 23.7 Å². The zero-order valence-corrected chi connectivity index (χ0v) is 12.5. The van der Waals surface area contributed by atoms with Gasteiger partial charge in [-0.3, -0.25) is 4.79 Å². The van der Waals surface area contributed by atoms with Crippen molar-refractivity contribution in [2.24, 2.45) is 5.73 Å². The maximum Gasteiger partial charge on any atom is 0.261 e. The summed E-state index contributed by atoms with van der Waals surface area (Å²) in [6, 6.07) is 7.43. The van der Waals surface area contributed by atoms with Gasteiger partial charge in [-0.25, -0.2) is 0 Å². The van der Waals surface area contributed by atoms with E-state index in [1.165, 1.54) is 0 Å². The normalized spacial score (nSPS) is 22.6. The van der Waals surface area contributed by atoms with E-state index < -0.39 is 0 Å². The summed E-state index contributed by atoms with van der Waals surface area (Å²) in [5.41, 5.74) is 5.77. The average molecular weight is 297 g/mol. The molecule has 2 N–H and O–H groups in total. The van der Waals surface area contributed by atoms with Gasteiger partial charge in [0.05, 0.1) is 0 Å². The van der Waals surface area contributed by atoms with Crippen molar-refractivity contribution in [1.29, 1.82) is 0 Å². The summed E-state index contributed by atoms with van der Waals surface area (Å²) in [5, 5.41) is 0.598. The Morgan fingerprint density at radius 1 is 1.50 bits per heavy atom. The summed E-state index contributed by atoms with van der Waals surface area (Å²) < 4.78 is 5.53. The first-order valence-electron chi connectivity index (χ1n) is 7.01. The molecule has 0 radical (unpaired) electrons. The minimum Gasteiger partial charge on any atom is -0.484 e. The Morgan fingerprint density at radius 2 is 2.30 bits per heavy atom. The summed E-state index contributed by atoms with van der Waals surface area (Å²) in [5.74, 6) is 0.604. The van der Waals surface area contributed by atoms with E-state index in [0.29, 0.717) is 17.3 Å². The van der Waals surface area contributed by atoms with Crippen molar-refractivity contribution in [3.63, 3.8) is 0 Å². The first-order chi connectivity index (χ1) is 9.61. The molecule has 2 unspecified atom stereocenters. The van der Waals surface area contributed by atoms with Gasteiger partial charge in [-0.15, -0.1) is 0 Å². The number of nitrogens with zero attached hydrogens (tertiary/aromatic N) is 1. The Labute approximate surface area is 124 Å². The fourth-order valence-corrected chi connectivity index (χ4v) is 2.92. The molecule has 0 aromatic heterocycles. The molecule has 0 saturated carbocycles. The highest BCUT2D eigenvalue weighted by atomic mass is 35.5. The van der Waals surface area contributed by atoms with E-state index in [1.807, 2.05) is 4.90 Å². The second kappa shape index (κ2) is 6.95. The molecule has 110 valence electrons. The fourth-order valence-electron chi connectivity index (χ4n) is 2.74. The second-order valence-corrected chi connectivity index (χ2v) is 5.65. The van der Waals surface area contributed by atoms with Crippen LogP contribution in [0, 0.1) is 0 Å². The number of nitrogens with two attached hydrogens (primary N) is 1. The smallest absolute Gasteiger partial charge is 0.261 e. The molecule has 0 spiro atoms. The topological polar surface area (TPSA) is 55.6 Å². The van der Waals surface area contributed by atoms with E-state index >= 15 is 0 Å². The molecule has 20 heavy (non-hydrogen) atoms. The Morgan fingerprint density at radius 3 is 3.00 bits per heavy atom. The molecular weight excluding hydrogens is 276 g/mol. The monoisotopic (exact) mass is 296 g/mol. The van der Waals surface area contributed by atoms with Crippen molar-refractivity contribution >= 4 is 17.5 Å². The zero-order chi connectivity index (χ0) is 14.5. The third kappa shape index (κ3) is 3.64. The lowest BCUT2D eigenvalue weighted by Gasteiger charge is -2.40. The molecule has 1 saturated heterocycles. The van der Waals surface area contributed by atoms with E-state index in [4.69, 9.17) is 22.1 Å². The van der Waals surface area contributed by atoms with Crippen LogP contribution in [0.15, 0.2) is 24.3 Å². The number of halogens is 1. The lowest BCUT2D eigenvalue weighted by atomic mass is 9.96. The van der Waals surface area contributed by atoms with Gasteiger partial charge in [0.15, 0.2) is 6.61 Å². The number of hydrogen-bond acceptors (Lipinski definition) is 3. The number of rotatable bonds is 4. The number of carbonyl (C=O) groups is 1. The Kier molecular flexibility index (Phi) is 5.26. The highest BCUT2D eigenvalue weighted by Crippen LogP contribution is 2.23. The lowest BCUT2D eigenvalue weighted by molar-refractivity contribution is -0.139. The van der Waals surface area contributed by atoms with Crippen LogP contribution in [0.4, 0.5) is 0 Å². The third-order valence-electron chi connectivity index (χ3n) is 3.75. The number of hydrogen-bond donors (Lipinski definition) is 1. The van der Waals surface area contributed by atoms with Crippen LogP contribution < -0.4 is 10.5 Å². The maximum atomic E-state index is 12.3. The highest BCUT2D eigenvalue weighted by molar-refractivity contribution is 6.30. The second-order valence-electron chi connectivity index (χ2n) is 5.22. The number of carbonyl (C=O) groups excluding carboxylic acids is 1.